The van der Waals surface area contributed by atoms with Gasteiger partial charge in [-0.1, -0.05) is 47.1 Å². The van der Waals surface area contributed by atoms with Gasteiger partial charge in [0.25, 0.3) is 0 Å². The molecule has 4 rings (SSSR count). The van der Waals surface area contributed by atoms with E-state index in [1.165, 1.54) is 11.8 Å². The van der Waals surface area contributed by atoms with Gasteiger partial charge in [-0.05, 0) is 61.7 Å². The minimum atomic E-state index is -0.142. The molecule has 1 N–H and O–H groups in total. The van der Waals surface area contributed by atoms with Crippen LogP contribution in [-0.2, 0) is 16.1 Å². The second-order valence-corrected chi connectivity index (χ2v) is 9.51. The zero-order chi connectivity index (χ0) is 22.5. The molecule has 6 nitrogen and oxygen atoms in total. The monoisotopic (exact) mass is 490 g/mol. The lowest BCUT2D eigenvalue weighted by Crippen LogP contribution is -2.28. The van der Waals surface area contributed by atoms with Crippen molar-refractivity contribution in [3.8, 4) is 11.4 Å². The van der Waals surface area contributed by atoms with Crippen molar-refractivity contribution in [1.82, 2.24) is 20.1 Å². The Morgan fingerprint density at radius 3 is 2.75 bits per heavy atom. The maximum Gasteiger partial charge on any atom is 0.230 e. The average molecular weight is 491 g/mol. The summed E-state index contributed by atoms with van der Waals surface area (Å²) in [6.07, 6.45) is 2.17. The number of carbonyl (C=O) groups is 1. The number of nitrogens with one attached hydrogen (secondary N) is 1. The van der Waals surface area contributed by atoms with Crippen LogP contribution in [0.4, 0.5) is 0 Å². The van der Waals surface area contributed by atoms with Crippen LogP contribution < -0.4 is 5.32 Å². The number of aromatic nitrogens is 3. The highest BCUT2D eigenvalue weighted by Crippen LogP contribution is 2.27. The van der Waals surface area contributed by atoms with E-state index in [0.717, 1.165) is 36.4 Å². The smallest absolute Gasteiger partial charge is 0.230 e. The lowest BCUT2D eigenvalue weighted by Gasteiger charge is -2.16. The molecule has 0 saturated carbocycles. The SMILES string of the molecule is C[C@@H](NC(=O)CSc1nnc(-c2ccc(Cl)cc2)n1C[C@H]1CCCO1)c1cccc(Cl)c1. The van der Waals surface area contributed by atoms with E-state index in [9.17, 15) is 4.79 Å². The molecule has 1 saturated heterocycles. The number of nitrogens with zero attached hydrogens (tertiary/aromatic N) is 3. The maximum absolute atomic E-state index is 12.6. The third-order valence-electron chi connectivity index (χ3n) is 5.29. The predicted molar refractivity (Wildman–Crippen MR) is 128 cm³/mol. The van der Waals surface area contributed by atoms with Crippen molar-refractivity contribution in [2.75, 3.05) is 12.4 Å². The Balaban J connectivity index is 1.46. The van der Waals surface area contributed by atoms with Gasteiger partial charge in [0, 0.05) is 22.2 Å². The lowest BCUT2D eigenvalue weighted by molar-refractivity contribution is -0.119. The number of carbonyl (C=O) groups excluding carboxylic acids is 1. The lowest BCUT2D eigenvalue weighted by atomic mass is 10.1. The van der Waals surface area contributed by atoms with E-state index in [1.807, 2.05) is 60.0 Å². The second-order valence-electron chi connectivity index (χ2n) is 7.69. The van der Waals surface area contributed by atoms with Crippen molar-refractivity contribution in [2.24, 2.45) is 0 Å². The summed E-state index contributed by atoms with van der Waals surface area (Å²) >= 11 is 13.5. The highest BCUT2D eigenvalue weighted by molar-refractivity contribution is 7.99. The minimum absolute atomic E-state index is 0.0813. The molecule has 1 aliphatic rings. The van der Waals surface area contributed by atoms with E-state index in [-0.39, 0.29) is 23.8 Å². The van der Waals surface area contributed by atoms with Crippen LogP contribution >= 0.6 is 35.0 Å². The van der Waals surface area contributed by atoms with Crippen LogP contribution in [0.15, 0.2) is 53.7 Å². The Bertz CT molecular complexity index is 1070. The molecule has 32 heavy (non-hydrogen) atoms. The number of amides is 1. The molecule has 1 aromatic heterocycles. The Labute approximate surface area is 201 Å². The van der Waals surface area contributed by atoms with Gasteiger partial charge in [-0.3, -0.25) is 9.36 Å². The zero-order valence-electron chi connectivity index (χ0n) is 17.6. The molecule has 2 heterocycles. The maximum atomic E-state index is 12.6. The van der Waals surface area contributed by atoms with E-state index in [1.54, 1.807) is 0 Å². The first kappa shape index (κ1) is 23.1. The van der Waals surface area contributed by atoms with Gasteiger partial charge in [-0.2, -0.15) is 0 Å². The molecular formula is C23H24Cl2N4O2S. The minimum Gasteiger partial charge on any atom is -0.376 e. The fraction of sp³-hybridized carbons (Fsp3) is 0.348. The third-order valence-corrected chi connectivity index (χ3v) is 6.74. The molecule has 2 aromatic carbocycles. The second kappa shape index (κ2) is 10.7. The number of hydrogen-bond acceptors (Lipinski definition) is 5. The topological polar surface area (TPSA) is 69.0 Å². The number of rotatable bonds is 8. The van der Waals surface area contributed by atoms with Crippen LogP contribution in [0.3, 0.4) is 0 Å². The predicted octanol–water partition coefficient (Wildman–Crippen LogP) is 5.40. The van der Waals surface area contributed by atoms with Crippen molar-refractivity contribution >= 4 is 40.9 Å². The fourth-order valence-corrected chi connectivity index (χ4v) is 4.72. The Morgan fingerprint density at radius 1 is 1.22 bits per heavy atom. The molecular weight excluding hydrogens is 467 g/mol. The quantitative estimate of drug-likeness (QED) is 0.428. The van der Waals surface area contributed by atoms with Crippen LogP contribution in [0, 0.1) is 0 Å². The molecule has 0 aliphatic carbocycles. The van der Waals surface area contributed by atoms with Crippen LogP contribution in [0.1, 0.15) is 31.4 Å². The first-order valence-electron chi connectivity index (χ1n) is 10.5. The van der Waals surface area contributed by atoms with E-state index in [4.69, 9.17) is 27.9 Å². The van der Waals surface area contributed by atoms with Crippen molar-refractivity contribution < 1.29 is 9.53 Å². The molecule has 1 aliphatic heterocycles. The van der Waals surface area contributed by atoms with Crippen LogP contribution in [0.2, 0.25) is 10.0 Å². The normalized spacial score (nSPS) is 16.8. The summed E-state index contributed by atoms with van der Waals surface area (Å²) in [7, 11) is 0. The van der Waals surface area contributed by atoms with Gasteiger partial charge < -0.3 is 10.1 Å². The third kappa shape index (κ3) is 5.84. The molecule has 1 amide bonds. The highest BCUT2D eigenvalue weighted by atomic mass is 35.5. The Kier molecular flexibility index (Phi) is 7.73. The zero-order valence-corrected chi connectivity index (χ0v) is 20.0. The summed E-state index contributed by atoms with van der Waals surface area (Å²) < 4.78 is 7.87. The molecule has 3 aromatic rings. The average Bonchev–Trinajstić information content (AvgIpc) is 3.43. The van der Waals surface area contributed by atoms with Crippen molar-refractivity contribution in [3.63, 3.8) is 0 Å². The van der Waals surface area contributed by atoms with Gasteiger partial charge in [0.1, 0.15) is 0 Å². The summed E-state index contributed by atoms with van der Waals surface area (Å²) in [5, 5.41) is 13.8. The van der Waals surface area contributed by atoms with E-state index >= 15 is 0 Å². The molecule has 168 valence electrons. The fourth-order valence-electron chi connectivity index (χ4n) is 3.64. The number of hydrogen-bond donors (Lipinski definition) is 1. The van der Waals surface area contributed by atoms with Gasteiger partial charge in [0.05, 0.1) is 24.4 Å². The van der Waals surface area contributed by atoms with E-state index in [0.29, 0.717) is 21.7 Å². The Hall–Kier alpha value is -2.06. The number of halogens is 2. The van der Waals surface area contributed by atoms with Crippen molar-refractivity contribution in [2.45, 2.75) is 43.6 Å². The molecule has 0 spiro atoms. The largest absolute Gasteiger partial charge is 0.376 e. The summed E-state index contributed by atoms with van der Waals surface area (Å²) in [5.74, 6) is 0.893. The molecule has 1 fully saturated rings. The van der Waals surface area contributed by atoms with Crippen LogP contribution in [0.5, 0.6) is 0 Å². The van der Waals surface area contributed by atoms with Gasteiger partial charge >= 0.3 is 0 Å². The van der Waals surface area contributed by atoms with Gasteiger partial charge in [-0.15, -0.1) is 10.2 Å². The van der Waals surface area contributed by atoms with E-state index in [2.05, 4.69) is 15.5 Å². The first-order chi connectivity index (χ1) is 15.5. The summed E-state index contributed by atoms with van der Waals surface area (Å²) in [6, 6.07) is 14.9. The molecule has 9 heteroatoms. The highest BCUT2D eigenvalue weighted by Gasteiger charge is 2.22. The number of thioether (sulfide) groups is 1. The summed E-state index contributed by atoms with van der Waals surface area (Å²) in [5.41, 5.74) is 1.88. The summed E-state index contributed by atoms with van der Waals surface area (Å²) in [4.78, 5) is 12.6. The van der Waals surface area contributed by atoms with Crippen molar-refractivity contribution in [3.05, 3.63) is 64.1 Å². The van der Waals surface area contributed by atoms with Crippen LogP contribution in [-0.4, -0.2) is 39.1 Å². The van der Waals surface area contributed by atoms with Gasteiger partial charge in [-0.25, -0.2) is 0 Å². The standard InChI is InChI=1S/C23H24Cl2N4O2S/c1-15(17-4-2-5-19(25)12-17)26-21(30)14-32-23-28-27-22(16-7-9-18(24)10-8-16)29(23)13-20-6-3-11-31-20/h2,4-5,7-10,12,15,20H,3,6,11,13-14H2,1H3,(H,26,30)/t15-,20-/m1/s1. The number of benzene rings is 2. The molecule has 0 radical (unpaired) electrons. The molecule has 0 unspecified atom stereocenters. The first-order valence-corrected chi connectivity index (χ1v) is 12.2. The van der Waals surface area contributed by atoms with Gasteiger partial charge in [0.15, 0.2) is 11.0 Å². The van der Waals surface area contributed by atoms with Crippen LogP contribution in [0.25, 0.3) is 11.4 Å². The Morgan fingerprint density at radius 2 is 2.03 bits per heavy atom. The summed E-state index contributed by atoms with van der Waals surface area (Å²) in [6.45, 7) is 3.36. The number of ether oxygens (including phenoxy) is 1. The molecule has 2 atom stereocenters. The van der Waals surface area contributed by atoms with Crippen molar-refractivity contribution in [1.29, 1.82) is 0 Å². The molecule has 0 bridgehead atoms. The van der Waals surface area contributed by atoms with E-state index < -0.39 is 0 Å². The van der Waals surface area contributed by atoms with Gasteiger partial charge in [0.2, 0.25) is 5.91 Å².